The van der Waals surface area contributed by atoms with Crippen LogP contribution in [0.5, 0.6) is 0 Å². The van der Waals surface area contributed by atoms with E-state index in [-0.39, 0.29) is 21.9 Å². The minimum atomic E-state index is -0.522. The van der Waals surface area contributed by atoms with Crippen molar-refractivity contribution in [2.75, 3.05) is 17.2 Å². The first-order valence-corrected chi connectivity index (χ1v) is 12.2. The zero-order valence-electron chi connectivity index (χ0n) is 20.3. The standard InChI is InChI=1S/C30H22ClN3O4/c1-18-8-2-3-9-20(18)28(36)23-15-14-19(16-24(23)31)32-25-12-6-7-13-26(25)33-27(35)17-34-29(37)21-10-4-5-11-22(21)30(34)38/h2-16,32H,17H2,1H3,(H,33,35). The zero-order chi connectivity index (χ0) is 26.8. The first kappa shape index (κ1) is 24.9. The van der Waals surface area contributed by atoms with Gasteiger partial charge in [0.1, 0.15) is 6.54 Å². The Labute approximate surface area is 224 Å². The molecule has 7 nitrogen and oxygen atoms in total. The fraction of sp³-hybridized carbons (Fsp3) is 0.0667. The van der Waals surface area contributed by atoms with Crippen LogP contribution in [-0.2, 0) is 4.79 Å². The Morgan fingerprint density at radius 1 is 0.763 bits per heavy atom. The maximum atomic E-state index is 13.0. The number of hydrogen-bond acceptors (Lipinski definition) is 5. The van der Waals surface area contributed by atoms with E-state index in [1.165, 1.54) is 0 Å². The van der Waals surface area contributed by atoms with Crippen LogP contribution in [0.4, 0.5) is 17.1 Å². The Kier molecular flexibility index (Phi) is 6.77. The summed E-state index contributed by atoms with van der Waals surface area (Å²) in [5.41, 5.74) is 4.03. The van der Waals surface area contributed by atoms with Crippen molar-refractivity contribution in [2.24, 2.45) is 0 Å². The molecule has 188 valence electrons. The van der Waals surface area contributed by atoms with E-state index in [9.17, 15) is 19.2 Å². The average molecular weight is 524 g/mol. The predicted molar refractivity (Wildman–Crippen MR) is 146 cm³/mol. The molecule has 38 heavy (non-hydrogen) atoms. The number of carbonyl (C=O) groups is 4. The van der Waals surface area contributed by atoms with Gasteiger partial charge in [-0.25, -0.2) is 0 Å². The third kappa shape index (κ3) is 4.79. The Balaban J connectivity index is 1.30. The lowest BCUT2D eigenvalue weighted by Crippen LogP contribution is -2.37. The number of para-hydroxylation sites is 2. The molecule has 0 aromatic heterocycles. The van der Waals surface area contributed by atoms with E-state index in [1.807, 2.05) is 25.1 Å². The van der Waals surface area contributed by atoms with Gasteiger partial charge >= 0.3 is 0 Å². The zero-order valence-corrected chi connectivity index (χ0v) is 21.1. The number of carbonyl (C=O) groups excluding carboxylic acids is 4. The second-order valence-corrected chi connectivity index (χ2v) is 9.21. The van der Waals surface area contributed by atoms with Crippen LogP contribution in [0, 0.1) is 6.92 Å². The van der Waals surface area contributed by atoms with Gasteiger partial charge in [-0.15, -0.1) is 0 Å². The largest absolute Gasteiger partial charge is 0.354 e. The highest BCUT2D eigenvalue weighted by molar-refractivity contribution is 6.35. The molecule has 0 fully saturated rings. The second-order valence-electron chi connectivity index (χ2n) is 8.80. The lowest BCUT2D eigenvalue weighted by Gasteiger charge is -2.16. The van der Waals surface area contributed by atoms with Gasteiger partial charge in [0, 0.05) is 16.8 Å². The number of fused-ring (bicyclic) bond motifs is 1. The molecule has 3 amide bonds. The molecule has 0 spiro atoms. The van der Waals surface area contributed by atoms with Gasteiger partial charge in [-0.1, -0.05) is 60.1 Å². The Morgan fingerprint density at radius 3 is 2.03 bits per heavy atom. The molecule has 2 N–H and O–H groups in total. The summed E-state index contributed by atoms with van der Waals surface area (Å²) in [5.74, 6) is -1.68. The molecule has 4 aromatic rings. The number of nitrogens with zero attached hydrogens (tertiary/aromatic N) is 1. The number of halogens is 1. The second kappa shape index (κ2) is 10.3. The summed E-state index contributed by atoms with van der Waals surface area (Å²) in [6, 6.07) is 25.8. The first-order valence-electron chi connectivity index (χ1n) is 11.8. The number of aryl methyl sites for hydroxylation is 1. The Bertz CT molecular complexity index is 1580. The van der Waals surface area contributed by atoms with Crippen molar-refractivity contribution in [1.82, 2.24) is 4.90 Å². The number of ketones is 1. The summed E-state index contributed by atoms with van der Waals surface area (Å²) in [7, 11) is 0. The highest BCUT2D eigenvalue weighted by Gasteiger charge is 2.36. The van der Waals surface area contributed by atoms with Gasteiger partial charge in [-0.3, -0.25) is 24.1 Å². The Morgan fingerprint density at radius 2 is 1.37 bits per heavy atom. The predicted octanol–water partition coefficient (Wildman–Crippen LogP) is 5.86. The van der Waals surface area contributed by atoms with Gasteiger partial charge < -0.3 is 10.6 Å². The maximum Gasteiger partial charge on any atom is 0.262 e. The molecule has 4 aromatic carbocycles. The monoisotopic (exact) mass is 523 g/mol. The summed E-state index contributed by atoms with van der Waals surface area (Å²) >= 11 is 6.48. The van der Waals surface area contributed by atoms with Gasteiger partial charge in [-0.2, -0.15) is 0 Å². The maximum absolute atomic E-state index is 13.0. The van der Waals surface area contributed by atoms with Gasteiger partial charge in [0.15, 0.2) is 5.78 Å². The first-order chi connectivity index (χ1) is 18.3. The van der Waals surface area contributed by atoms with E-state index in [4.69, 9.17) is 11.6 Å². The number of imide groups is 1. The molecule has 5 rings (SSSR count). The molecule has 0 unspecified atom stereocenters. The van der Waals surface area contributed by atoms with Crippen LogP contribution >= 0.6 is 11.6 Å². The van der Waals surface area contributed by atoms with Gasteiger partial charge in [0.2, 0.25) is 5.91 Å². The normalized spacial score (nSPS) is 12.3. The molecule has 0 atom stereocenters. The third-order valence-corrected chi connectivity index (χ3v) is 6.58. The Hall–Kier alpha value is -4.75. The number of anilines is 3. The molecule has 0 radical (unpaired) electrons. The van der Waals surface area contributed by atoms with Crippen LogP contribution in [0.15, 0.2) is 91.0 Å². The minimum absolute atomic E-state index is 0.166. The molecule has 1 heterocycles. The van der Waals surface area contributed by atoms with Crippen molar-refractivity contribution in [3.63, 3.8) is 0 Å². The molecular weight excluding hydrogens is 502 g/mol. The fourth-order valence-electron chi connectivity index (χ4n) is 4.32. The van der Waals surface area contributed by atoms with E-state index in [0.29, 0.717) is 28.2 Å². The number of hydrogen-bond donors (Lipinski definition) is 2. The highest BCUT2D eigenvalue weighted by atomic mass is 35.5. The lowest BCUT2D eigenvalue weighted by molar-refractivity contribution is -0.116. The van der Waals surface area contributed by atoms with Gasteiger partial charge in [-0.05, 0) is 55.0 Å². The SMILES string of the molecule is Cc1ccccc1C(=O)c1ccc(Nc2ccccc2NC(=O)CN2C(=O)c3ccccc3C2=O)cc1Cl. The van der Waals surface area contributed by atoms with Crippen LogP contribution in [-0.4, -0.2) is 34.9 Å². The van der Waals surface area contributed by atoms with Gasteiger partial charge in [0.25, 0.3) is 11.8 Å². The van der Waals surface area contributed by atoms with Crippen LogP contribution in [0.2, 0.25) is 5.02 Å². The van der Waals surface area contributed by atoms with Crippen molar-refractivity contribution in [3.8, 4) is 0 Å². The van der Waals surface area contributed by atoms with Crippen LogP contribution in [0.1, 0.15) is 42.2 Å². The summed E-state index contributed by atoms with van der Waals surface area (Å²) in [4.78, 5) is 51.9. The van der Waals surface area contributed by atoms with Crippen molar-refractivity contribution in [2.45, 2.75) is 6.92 Å². The van der Waals surface area contributed by atoms with Crippen LogP contribution < -0.4 is 10.6 Å². The molecule has 0 saturated heterocycles. The van der Waals surface area contributed by atoms with E-state index < -0.39 is 24.3 Å². The highest BCUT2D eigenvalue weighted by Crippen LogP contribution is 2.30. The molecule has 8 heteroatoms. The molecular formula is C30H22ClN3O4. The van der Waals surface area contributed by atoms with E-state index in [1.54, 1.807) is 72.8 Å². The fourth-order valence-corrected chi connectivity index (χ4v) is 4.59. The van der Waals surface area contributed by atoms with Crippen molar-refractivity contribution in [1.29, 1.82) is 0 Å². The third-order valence-electron chi connectivity index (χ3n) is 6.26. The molecule has 0 bridgehead atoms. The summed E-state index contributed by atoms with van der Waals surface area (Å²) in [5, 5.41) is 6.25. The molecule has 0 aliphatic carbocycles. The minimum Gasteiger partial charge on any atom is -0.354 e. The van der Waals surface area contributed by atoms with Crippen molar-refractivity contribution >= 4 is 52.2 Å². The van der Waals surface area contributed by atoms with Crippen LogP contribution in [0.3, 0.4) is 0 Å². The van der Waals surface area contributed by atoms with E-state index in [0.717, 1.165) is 10.5 Å². The molecule has 1 aliphatic heterocycles. The lowest BCUT2D eigenvalue weighted by atomic mass is 9.99. The quantitative estimate of drug-likeness (QED) is 0.234. The topological polar surface area (TPSA) is 95.6 Å². The van der Waals surface area contributed by atoms with Crippen molar-refractivity contribution in [3.05, 3.63) is 124 Å². The average Bonchev–Trinajstić information content (AvgIpc) is 3.15. The summed E-state index contributed by atoms with van der Waals surface area (Å²) in [6.07, 6.45) is 0. The number of amides is 3. The number of rotatable bonds is 7. The molecule has 1 aliphatic rings. The van der Waals surface area contributed by atoms with Gasteiger partial charge in [0.05, 0.1) is 27.5 Å². The number of benzene rings is 4. The molecule has 0 saturated carbocycles. The smallest absolute Gasteiger partial charge is 0.262 e. The van der Waals surface area contributed by atoms with E-state index >= 15 is 0 Å². The van der Waals surface area contributed by atoms with Crippen molar-refractivity contribution < 1.29 is 19.2 Å². The summed E-state index contributed by atoms with van der Waals surface area (Å²) in [6.45, 7) is 1.46. The van der Waals surface area contributed by atoms with E-state index in [2.05, 4.69) is 10.6 Å². The number of nitrogens with one attached hydrogen (secondary N) is 2. The summed E-state index contributed by atoms with van der Waals surface area (Å²) < 4.78 is 0. The van der Waals surface area contributed by atoms with Crippen LogP contribution in [0.25, 0.3) is 0 Å².